The van der Waals surface area contributed by atoms with Gasteiger partial charge in [0.1, 0.15) is 0 Å². The highest BCUT2D eigenvalue weighted by atomic mass is 16.5. The Kier molecular flexibility index (Phi) is 2.95. The van der Waals surface area contributed by atoms with Gasteiger partial charge in [0.2, 0.25) is 5.78 Å². The van der Waals surface area contributed by atoms with Gasteiger partial charge >= 0.3 is 0 Å². The van der Waals surface area contributed by atoms with E-state index < -0.39 is 0 Å². The lowest BCUT2D eigenvalue weighted by Crippen LogP contribution is -2.17. The Labute approximate surface area is 116 Å². The number of rotatable bonds is 2. The van der Waals surface area contributed by atoms with Crippen LogP contribution in [0.3, 0.4) is 0 Å². The fourth-order valence-corrected chi connectivity index (χ4v) is 2.30. The molecule has 0 radical (unpaired) electrons. The number of benzene rings is 2. The van der Waals surface area contributed by atoms with Crippen molar-refractivity contribution in [3.63, 3.8) is 0 Å². The Hall–Kier alpha value is -2.68. The highest BCUT2D eigenvalue weighted by Crippen LogP contribution is 2.27. The van der Waals surface area contributed by atoms with Gasteiger partial charge < -0.3 is 4.74 Å². The summed E-state index contributed by atoms with van der Waals surface area (Å²) in [4.78, 5) is 24.2. The van der Waals surface area contributed by atoms with E-state index in [0.717, 1.165) is 11.1 Å². The van der Waals surface area contributed by atoms with E-state index in [0.29, 0.717) is 11.1 Å². The molecule has 0 heterocycles. The largest absolute Gasteiger partial charge is 0.492 e. The second-order valence-electron chi connectivity index (χ2n) is 4.53. The summed E-state index contributed by atoms with van der Waals surface area (Å²) in [5.41, 5.74) is 2.75. The molecule has 3 rings (SSSR count). The Morgan fingerprint density at radius 3 is 2.30 bits per heavy atom. The van der Waals surface area contributed by atoms with E-state index in [1.165, 1.54) is 13.2 Å². The summed E-state index contributed by atoms with van der Waals surface area (Å²) >= 11 is 0. The maximum Gasteiger partial charge on any atom is 0.228 e. The summed E-state index contributed by atoms with van der Waals surface area (Å²) in [6.45, 7) is 0. The van der Waals surface area contributed by atoms with Crippen molar-refractivity contribution in [1.29, 1.82) is 0 Å². The minimum atomic E-state index is -0.248. The number of ether oxygens (including phenoxy) is 1. The van der Waals surface area contributed by atoms with E-state index in [1.54, 1.807) is 12.1 Å². The second-order valence-corrected chi connectivity index (χ2v) is 4.53. The number of Topliss-reactive ketones (excluding diaryl/α,β-unsaturated/α-hetero) is 1. The van der Waals surface area contributed by atoms with E-state index in [9.17, 15) is 9.59 Å². The zero-order valence-corrected chi connectivity index (χ0v) is 10.9. The van der Waals surface area contributed by atoms with Gasteiger partial charge in [-0.3, -0.25) is 9.59 Å². The minimum absolute atomic E-state index is 0.0926. The highest BCUT2D eigenvalue weighted by molar-refractivity contribution is 6.24. The fourth-order valence-electron chi connectivity index (χ4n) is 2.30. The predicted molar refractivity (Wildman–Crippen MR) is 75.6 cm³/mol. The normalized spacial score (nSPS) is 13.8. The van der Waals surface area contributed by atoms with Crippen LogP contribution in [0.5, 0.6) is 0 Å². The third kappa shape index (κ3) is 1.93. The van der Waals surface area contributed by atoms with Crippen LogP contribution in [0.2, 0.25) is 0 Å². The molecule has 3 heteroatoms. The number of hydrogen-bond acceptors (Lipinski definition) is 3. The lowest BCUT2D eigenvalue weighted by atomic mass is 9.90. The third-order valence-electron chi connectivity index (χ3n) is 3.34. The summed E-state index contributed by atoms with van der Waals surface area (Å²) in [5, 5.41) is 0. The maximum absolute atomic E-state index is 12.1. The van der Waals surface area contributed by atoms with Crippen molar-refractivity contribution in [2.24, 2.45) is 0 Å². The average Bonchev–Trinajstić information content (AvgIpc) is 2.51. The molecule has 98 valence electrons. The molecule has 1 aliphatic carbocycles. The molecule has 0 atom stereocenters. The second kappa shape index (κ2) is 4.78. The number of allylic oxidation sites excluding steroid dienone is 2. The average molecular weight is 264 g/mol. The zero-order valence-electron chi connectivity index (χ0n) is 10.9. The Morgan fingerprint density at radius 2 is 1.60 bits per heavy atom. The van der Waals surface area contributed by atoms with Crippen LogP contribution in [-0.2, 0) is 4.74 Å². The van der Waals surface area contributed by atoms with E-state index >= 15 is 0 Å². The summed E-state index contributed by atoms with van der Waals surface area (Å²) in [5.74, 6) is -0.356. The first-order valence-corrected chi connectivity index (χ1v) is 6.25. The van der Waals surface area contributed by atoms with Gasteiger partial charge in [-0.05, 0) is 23.3 Å². The standard InChI is InChI=1S/C17H12O3/c1-20-16-10-15(18)14-9-12(7-8-13(14)17(16)19)11-5-3-2-4-6-11/h2-10H,1H3. The number of fused-ring (bicyclic) bond motifs is 1. The van der Waals surface area contributed by atoms with Crippen molar-refractivity contribution < 1.29 is 14.3 Å². The summed E-state index contributed by atoms with van der Waals surface area (Å²) in [6, 6.07) is 15.0. The number of ketones is 2. The lowest BCUT2D eigenvalue weighted by Gasteiger charge is -2.15. The monoisotopic (exact) mass is 264 g/mol. The Morgan fingerprint density at radius 1 is 0.850 bits per heavy atom. The van der Waals surface area contributed by atoms with Gasteiger partial charge in [0.05, 0.1) is 7.11 Å². The van der Waals surface area contributed by atoms with Crippen LogP contribution < -0.4 is 0 Å². The number of hydrogen-bond donors (Lipinski definition) is 0. The van der Waals surface area contributed by atoms with Crippen LogP contribution in [-0.4, -0.2) is 18.7 Å². The van der Waals surface area contributed by atoms with Crippen LogP contribution in [0.15, 0.2) is 60.4 Å². The highest BCUT2D eigenvalue weighted by Gasteiger charge is 2.26. The molecule has 2 aromatic rings. The van der Waals surface area contributed by atoms with E-state index in [4.69, 9.17) is 4.74 Å². The molecule has 0 amide bonds. The van der Waals surface area contributed by atoms with Crippen LogP contribution in [0, 0.1) is 0 Å². The van der Waals surface area contributed by atoms with Crippen LogP contribution in [0.1, 0.15) is 20.7 Å². The van der Waals surface area contributed by atoms with Gasteiger partial charge in [-0.15, -0.1) is 0 Å². The molecule has 0 aromatic heterocycles. The molecule has 3 nitrogen and oxygen atoms in total. The minimum Gasteiger partial charge on any atom is -0.492 e. The Balaban J connectivity index is 2.12. The number of methoxy groups -OCH3 is 1. The molecule has 0 spiro atoms. The predicted octanol–water partition coefficient (Wildman–Crippen LogP) is 3.26. The molecular weight excluding hydrogens is 252 g/mol. The van der Waals surface area contributed by atoms with Crippen LogP contribution in [0.25, 0.3) is 11.1 Å². The molecular formula is C17H12O3. The van der Waals surface area contributed by atoms with Gasteiger partial charge in [-0.2, -0.15) is 0 Å². The summed E-state index contributed by atoms with van der Waals surface area (Å²) < 4.78 is 4.94. The Bertz CT molecular complexity index is 727. The van der Waals surface area contributed by atoms with E-state index in [1.807, 2.05) is 36.4 Å². The van der Waals surface area contributed by atoms with Gasteiger partial charge in [0.25, 0.3) is 0 Å². The first-order chi connectivity index (χ1) is 9.70. The number of carbonyl (C=O) groups excluding carboxylic acids is 2. The van der Waals surface area contributed by atoms with Gasteiger partial charge in [0.15, 0.2) is 11.5 Å². The van der Waals surface area contributed by atoms with Crippen LogP contribution in [0.4, 0.5) is 0 Å². The molecule has 0 saturated heterocycles. The van der Waals surface area contributed by atoms with E-state index in [2.05, 4.69) is 0 Å². The van der Waals surface area contributed by atoms with E-state index in [-0.39, 0.29) is 17.3 Å². The SMILES string of the molecule is COC1=CC(=O)c2cc(-c3ccccc3)ccc2C1=O. The van der Waals surface area contributed by atoms with Crippen molar-refractivity contribution >= 4 is 11.6 Å². The molecule has 2 aromatic carbocycles. The molecule has 1 aliphatic rings. The van der Waals surface area contributed by atoms with Crippen molar-refractivity contribution in [1.82, 2.24) is 0 Å². The molecule has 0 unspecified atom stereocenters. The molecule has 0 N–H and O–H groups in total. The van der Waals surface area contributed by atoms with Gasteiger partial charge in [-0.25, -0.2) is 0 Å². The number of carbonyl (C=O) groups is 2. The third-order valence-corrected chi connectivity index (χ3v) is 3.34. The summed E-state index contributed by atoms with van der Waals surface area (Å²) in [7, 11) is 1.39. The van der Waals surface area contributed by atoms with Crippen molar-refractivity contribution in [3.8, 4) is 11.1 Å². The topological polar surface area (TPSA) is 43.4 Å². The van der Waals surface area contributed by atoms with Gasteiger partial charge in [0, 0.05) is 17.2 Å². The van der Waals surface area contributed by atoms with Crippen molar-refractivity contribution in [2.75, 3.05) is 7.11 Å². The van der Waals surface area contributed by atoms with Crippen LogP contribution >= 0.6 is 0 Å². The quantitative estimate of drug-likeness (QED) is 0.836. The first-order valence-electron chi connectivity index (χ1n) is 6.25. The summed E-state index contributed by atoms with van der Waals surface area (Å²) in [6.07, 6.45) is 1.25. The van der Waals surface area contributed by atoms with Crippen molar-refractivity contribution in [3.05, 3.63) is 71.5 Å². The first kappa shape index (κ1) is 12.4. The maximum atomic E-state index is 12.1. The molecule has 0 aliphatic heterocycles. The molecule has 0 bridgehead atoms. The van der Waals surface area contributed by atoms with Crippen molar-refractivity contribution in [2.45, 2.75) is 0 Å². The lowest BCUT2D eigenvalue weighted by molar-refractivity contribution is 0.0917. The smallest absolute Gasteiger partial charge is 0.228 e. The molecule has 20 heavy (non-hydrogen) atoms. The molecule has 0 saturated carbocycles. The molecule has 0 fully saturated rings. The fraction of sp³-hybridized carbons (Fsp3) is 0.0588. The van der Waals surface area contributed by atoms with Gasteiger partial charge in [-0.1, -0.05) is 36.4 Å². The zero-order chi connectivity index (χ0) is 14.1.